The van der Waals surface area contributed by atoms with Gasteiger partial charge in [0.05, 0.1) is 6.04 Å². The second-order valence-corrected chi connectivity index (χ2v) is 7.19. The molecule has 2 saturated heterocycles. The van der Waals surface area contributed by atoms with Gasteiger partial charge in [-0.25, -0.2) is 13.2 Å². The average Bonchev–Trinajstić information content (AvgIpc) is 3.19. The maximum absolute atomic E-state index is 13.7. The summed E-state index contributed by atoms with van der Waals surface area (Å²) in [7, 11) is 0. The van der Waals surface area contributed by atoms with Crippen molar-refractivity contribution >= 4 is 11.8 Å². The van der Waals surface area contributed by atoms with Crippen LogP contribution in [0.3, 0.4) is 0 Å². The van der Waals surface area contributed by atoms with E-state index in [-0.39, 0.29) is 42.2 Å². The summed E-state index contributed by atoms with van der Waals surface area (Å²) >= 11 is 0. The summed E-state index contributed by atoms with van der Waals surface area (Å²) in [4.78, 5) is 27.5. The molecule has 1 aromatic carbocycles. The van der Waals surface area contributed by atoms with Crippen LogP contribution in [0.25, 0.3) is 0 Å². The number of halogens is 3. The molecule has 27 heavy (non-hydrogen) atoms. The summed E-state index contributed by atoms with van der Waals surface area (Å²) in [5.74, 6) is -3.73. The molecular weight excluding hydrogens is 363 g/mol. The Morgan fingerprint density at radius 2 is 1.85 bits per heavy atom. The number of hydrogen-bond donors (Lipinski definition) is 2. The van der Waals surface area contributed by atoms with Crippen molar-refractivity contribution < 1.29 is 27.9 Å². The largest absolute Gasteiger partial charge is 0.387 e. The standard InChI is InChI=1S/C18H22F3N3O3/c19-13-6-15(21)14(20)4-11(13)3-12(22)5-17(26)24-2-1-10-7-23(8-16(10)24)18(27)9-25/h4,6,10,12,16,25H,1-3,5,7-9,22H2/t10-,12+,16+/m0/s1. The van der Waals surface area contributed by atoms with E-state index >= 15 is 0 Å². The maximum Gasteiger partial charge on any atom is 0.248 e. The lowest BCUT2D eigenvalue weighted by atomic mass is 10.0. The fourth-order valence-electron chi connectivity index (χ4n) is 3.99. The Kier molecular flexibility index (Phi) is 5.71. The molecule has 2 aliphatic heterocycles. The minimum absolute atomic E-state index is 0.0599. The molecule has 9 heteroatoms. The van der Waals surface area contributed by atoms with Gasteiger partial charge in [0.1, 0.15) is 12.4 Å². The van der Waals surface area contributed by atoms with Crippen molar-refractivity contribution in [3.8, 4) is 0 Å². The number of nitrogens with two attached hydrogens (primary N) is 1. The maximum atomic E-state index is 13.7. The molecule has 2 aliphatic rings. The summed E-state index contributed by atoms with van der Waals surface area (Å²) < 4.78 is 40.0. The van der Waals surface area contributed by atoms with E-state index < -0.39 is 30.1 Å². The van der Waals surface area contributed by atoms with Crippen molar-refractivity contribution in [3.05, 3.63) is 35.1 Å². The lowest BCUT2D eigenvalue weighted by Crippen LogP contribution is -2.43. The van der Waals surface area contributed by atoms with Gasteiger partial charge in [-0.3, -0.25) is 9.59 Å². The second-order valence-electron chi connectivity index (χ2n) is 7.19. The molecule has 0 unspecified atom stereocenters. The number of nitrogens with zero attached hydrogens (tertiary/aromatic N) is 2. The zero-order valence-corrected chi connectivity index (χ0v) is 14.7. The molecule has 2 amide bonds. The Morgan fingerprint density at radius 3 is 2.56 bits per heavy atom. The van der Waals surface area contributed by atoms with Crippen LogP contribution < -0.4 is 5.73 Å². The topological polar surface area (TPSA) is 86.9 Å². The van der Waals surface area contributed by atoms with E-state index in [2.05, 4.69) is 0 Å². The van der Waals surface area contributed by atoms with E-state index in [0.29, 0.717) is 25.7 Å². The van der Waals surface area contributed by atoms with Crippen molar-refractivity contribution in [3.63, 3.8) is 0 Å². The van der Waals surface area contributed by atoms with Crippen LogP contribution in [0.15, 0.2) is 12.1 Å². The molecule has 6 nitrogen and oxygen atoms in total. The highest BCUT2D eigenvalue weighted by molar-refractivity contribution is 5.79. The number of amides is 2. The van der Waals surface area contributed by atoms with Gasteiger partial charge in [-0.1, -0.05) is 0 Å². The predicted octanol–water partition coefficient (Wildman–Crippen LogP) is 0.415. The molecule has 3 rings (SSSR count). The van der Waals surface area contributed by atoms with Gasteiger partial charge in [-0.05, 0) is 24.5 Å². The second kappa shape index (κ2) is 7.85. The highest BCUT2D eigenvalue weighted by Crippen LogP contribution is 2.32. The Bertz CT molecular complexity index is 746. The first-order valence-electron chi connectivity index (χ1n) is 8.87. The summed E-state index contributed by atoms with van der Waals surface area (Å²) in [6, 6.07) is 0.374. The highest BCUT2D eigenvalue weighted by atomic mass is 19.2. The van der Waals surface area contributed by atoms with Crippen LogP contribution in [-0.4, -0.2) is 65.0 Å². The molecule has 0 aliphatic carbocycles. The van der Waals surface area contributed by atoms with Gasteiger partial charge in [0.25, 0.3) is 0 Å². The minimum Gasteiger partial charge on any atom is -0.387 e. The van der Waals surface area contributed by atoms with E-state index in [1.54, 1.807) is 9.80 Å². The zero-order chi connectivity index (χ0) is 19.7. The summed E-state index contributed by atoms with van der Waals surface area (Å²) in [5.41, 5.74) is 5.86. The number of likely N-dealkylation sites (tertiary alicyclic amines) is 2. The number of carbonyl (C=O) groups is 2. The number of hydrogen-bond acceptors (Lipinski definition) is 4. The van der Waals surface area contributed by atoms with Crippen LogP contribution >= 0.6 is 0 Å². The Hall–Kier alpha value is -2.13. The smallest absolute Gasteiger partial charge is 0.248 e. The van der Waals surface area contributed by atoms with Crippen molar-refractivity contribution in [2.75, 3.05) is 26.2 Å². The van der Waals surface area contributed by atoms with Crippen LogP contribution in [0.5, 0.6) is 0 Å². The normalized spacial score (nSPS) is 22.9. The molecule has 3 N–H and O–H groups in total. The van der Waals surface area contributed by atoms with E-state index in [9.17, 15) is 22.8 Å². The fourth-order valence-corrected chi connectivity index (χ4v) is 3.99. The molecule has 0 bridgehead atoms. The lowest BCUT2D eigenvalue weighted by Gasteiger charge is -2.26. The quantitative estimate of drug-likeness (QED) is 0.719. The van der Waals surface area contributed by atoms with Gasteiger partial charge in [0.2, 0.25) is 11.8 Å². The molecule has 1 aromatic rings. The monoisotopic (exact) mass is 385 g/mol. The molecular formula is C18H22F3N3O3. The molecule has 0 aromatic heterocycles. The van der Waals surface area contributed by atoms with Crippen molar-refractivity contribution in [2.45, 2.75) is 31.3 Å². The van der Waals surface area contributed by atoms with E-state index in [1.165, 1.54) is 0 Å². The molecule has 3 atom stereocenters. The van der Waals surface area contributed by atoms with Crippen molar-refractivity contribution in [1.29, 1.82) is 0 Å². The third-order valence-electron chi connectivity index (χ3n) is 5.36. The van der Waals surface area contributed by atoms with Crippen LogP contribution in [0, 0.1) is 23.4 Å². The third-order valence-corrected chi connectivity index (χ3v) is 5.36. The van der Waals surface area contributed by atoms with Crippen LogP contribution in [0.2, 0.25) is 0 Å². The zero-order valence-electron chi connectivity index (χ0n) is 14.7. The number of fused-ring (bicyclic) bond motifs is 1. The molecule has 0 saturated carbocycles. The first-order chi connectivity index (χ1) is 12.8. The van der Waals surface area contributed by atoms with Gasteiger partial charge < -0.3 is 20.6 Å². The number of carbonyl (C=O) groups excluding carboxylic acids is 2. The third kappa shape index (κ3) is 4.08. The summed E-state index contributed by atoms with van der Waals surface area (Å²) in [5, 5.41) is 8.98. The van der Waals surface area contributed by atoms with E-state index in [0.717, 1.165) is 12.5 Å². The average molecular weight is 385 g/mol. The van der Waals surface area contributed by atoms with Gasteiger partial charge >= 0.3 is 0 Å². The Balaban J connectivity index is 1.59. The van der Waals surface area contributed by atoms with Crippen LogP contribution in [0.1, 0.15) is 18.4 Å². The number of aliphatic hydroxyl groups is 1. The summed E-state index contributed by atoms with van der Waals surface area (Å²) in [6.07, 6.45) is 0.611. The van der Waals surface area contributed by atoms with Gasteiger partial charge in [-0.15, -0.1) is 0 Å². The van der Waals surface area contributed by atoms with Gasteiger partial charge in [0, 0.05) is 44.1 Å². The first kappa shape index (κ1) is 19.6. The Morgan fingerprint density at radius 1 is 1.15 bits per heavy atom. The highest BCUT2D eigenvalue weighted by Gasteiger charge is 2.44. The molecule has 0 spiro atoms. The van der Waals surface area contributed by atoms with Crippen molar-refractivity contribution in [2.24, 2.45) is 11.7 Å². The van der Waals surface area contributed by atoms with Crippen LogP contribution in [0.4, 0.5) is 13.2 Å². The molecule has 148 valence electrons. The minimum atomic E-state index is -1.27. The fraction of sp³-hybridized carbons (Fsp3) is 0.556. The molecule has 2 fully saturated rings. The van der Waals surface area contributed by atoms with Crippen molar-refractivity contribution in [1.82, 2.24) is 9.80 Å². The first-order valence-corrected chi connectivity index (χ1v) is 8.87. The number of aliphatic hydroxyl groups excluding tert-OH is 1. The van der Waals surface area contributed by atoms with Gasteiger partial charge in [-0.2, -0.15) is 0 Å². The summed E-state index contributed by atoms with van der Waals surface area (Å²) in [6.45, 7) is 0.891. The Labute approximate surface area is 154 Å². The van der Waals surface area contributed by atoms with Gasteiger partial charge in [0.15, 0.2) is 11.6 Å². The van der Waals surface area contributed by atoms with E-state index in [1.807, 2.05) is 0 Å². The molecule has 0 radical (unpaired) electrons. The van der Waals surface area contributed by atoms with E-state index in [4.69, 9.17) is 10.8 Å². The number of rotatable bonds is 5. The predicted molar refractivity (Wildman–Crippen MR) is 89.9 cm³/mol. The molecule has 2 heterocycles. The lowest BCUT2D eigenvalue weighted by molar-refractivity contribution is -0.136. The number of benzene rings is 1. The SMILES string of the molecule is N[C@@H](CC(=O)N1CC[C@H]2CN(C(=O)CO)C[C@H]21)Cc1cc(F)c(F)cc1F. The van der Waals surface area contributed by atoms with Crippen LogP contribution in [-0.2, 0) is 16.0 Å².